The normalized spacial score (nSPS) is 15.1. The predicted octanol–water partition coefficient (Wildman–Crippen LogP) is 2.32. The molecule has 2 amide bonds. The molecule has 0 aliphatic heterocycles. The van der Waals surface area contributed by atoms with Gasteiger partial charge in [0.25, 0.3) is 0 Å². The molecule has 2 N–H and O–H groups in total. The van der Waals surface area contributed by atoms with Crippen LogP contribution in [0.25, 0.3) is 0 Å². The minimum atomic E-state index is -0.154. The van der Waals surface area contributed by atoms with E-state index in [2.05, 4.69) is 32.7 Å². The van der Waals surface area contributed by atoms with E-state index in [4.69, 9.17) is 0 Å². The molecule has 0 spiro atoms. The SMILES string of the molecule is Cc1nccc(CNC(=O)NCC2(c3ccccc3)CC2)n1. The van der Waals surface area contributed by atoms with E-state index in [1.807, 2.05) is 25.1 Å². The first-order valence-electron chi connectivity index (χ1n) is 7.54. The van der Waals surface area contributed by atoms with E-state index in [9.17, 15) is 4.79 Å². The van der Waals surface area contributed by atoms with E-state index in [-0.39, 0.29) is 11.4 Å². The van der Waals surface area contributed by atoms with Crippen molar-refractivity contribution in [3.05, 3.63) is 59.7 Å². The monoisotopic (exact) mass is 296 g/mol. The van der Waals surface area contributed by atoms with Gasteiger partial charge in [0, 0.05) is 18.2 Å². The van der Waals surface area contributed by atoms with Crippen molar-refractivity contribution in [3.8, 4) is 0 Å². The third kappa shape index (κ3) is 3.42. The third-order valence-electron chi connectivity index (χ3n) is 4.09. The number of aromatic nitrogens is 2. The molecule has 2 aromatic rings. The fourth-order valence-electron chi connectivity index (χ4n) is 2.60. The number of urea groups is 1. The molecule has 0 atom stereocenters. The van der Waals surface area contributed by atoms with Crippen LogP contribution in [0.1, 0.15) is 29.9 Å². The van der Waals surface area contributed by atoms with Gasteiger partial charge in [0.15, 0.2) is 0 Å². The first-order chi connectivity index (χ1) is 10.7. The fraction of sp³-hybridized carbons (Fsp3) is 0.353. The molecule has 1 aromatic carbocycles. The number of rotatable bonds is 5. The number of carbonyl (C=O) groups excluding carboxylic acids is 1. The minimum Gasteiger partial charge on any atom is -0.337 e. The van der Waals surface area contributed by atoms with Gasteiger partial charge in [-0.3, -0.25) is 0 Å². The molecule has 1 heterocycles. The van der Waals surface area contributed by atoms with Crippen molar-refractivity contribution in [2.45, 2.75) is 31.7 Å². The van der Waals surface area contributed by atoms with Crippen molar-refractivity contribution in [1.29, 1.82) is 0 Å². The zero-order chi connectivity index (χ0) is 15.4. The molecule has 1 aliphatic rings. The van der Waals surface area contributed by atoms with Crippen LogP contribution in [-0.2, 0) is 12.0 Å². The Morgan fingerprint density at radius 2 is 1.95 bits per heavy atom. The Morgan fingerprint density at radius 3 is 2.64 bits per heavy atom. The molecule has 0 unspecified atom stereocenters. The molecule has 5 heteroatoms. The standard InChI is InChI=1S/C17H20N4O/c1-13-18-10-7-15(21-13)11-19-16(22)20-12-17(8-9-17)14-5-3-2-4-6-14/h2-7,10H,8-9,11-12H2,1H3,(H2,19,20,22). The van der Waals surface area contributed by atoms with Gasteiger partial charge in [-0.2, -0.15) is 0 Å². The Bertz CT molecular complexity index is 653. The largest absolute Gasteiger partial charge is 0.337 e. The highest BCUT2D eigenvalue weighted by Crippen LogP contribution is 2.47. The number of aryl methyl sites for hydroxylation is 1. The van der Waals surface area contributed by atoms with Gasteiger partial charge in [0.1, 0.15) is 5.82 Å². The van der Waals surface area contributed by atoms with Crippen LogP contribution in [-0.4, -0.2) is 22.5 Å². The second kappa shape index (κ2) is 6.13. The lowest BCUT2D eigenvalue weighted by Gasteiger charge is -2.16. The summed E-state index contributed by atoms with van der Waals surface area (Å²) in [6.07, 6.45) is 3.96. The molecule has 5 nitrogen and oxygen atoms in total. The van der Waals surface area contributed by atoms with Crippen molar-refractivity contribution < 1.29 is 4.79 Å². The molecular weight excluding hydrogens is 276 g/mol. The zero-order valence-corrected chi connectivity index (χ0v) is 12.7. The van der Waals surface area contributed by atoms with E-state index < -0.39 is 0 Å². The summed E-state index contributed by atoms with van der Waals surface area (Å²) in [4.78, 5) is 20.2. The van der Waals surface area contributed by atoms with Gasteiger partial charge >= 0.3 is 6.03 Å². The maximum atomic E-state index is 11.9. The number of hydrogen-bond donors (Lipinski definition) is 2. The van der Waals surface area contributed by atoms with Gasteiger partial charge in [-0.15, -0.1) is 0 Å². The van der Waals surface area contributed by atoms with E-state index >= 15 is 0 Å². The molecule has 3 rings (SSSR count). The van der Waals surface area contributed by atoms with Crippen LogP contribution >= 0.6 is 0 Å². The minimum absolute atomic E-state index is 0.129. The summed E-state index contributed by atoms with van der Waals surface area (Å²) in [5.74, 6) is 0.709. The fourth-order valence-corrected chi connectivity index (χ4v) is 2.60. The van der Waals surface area contributed by atoms with Crippen molar-refractivity contribution in [2.75, 3.05) is 6.54 Å². The average molecular weight is 296 g/mol. The molecule has 114 valence electrons. The highest BCUT2D eigenvalue weighted by molar-refractivity contribution is 5.74. The quantitative estimate of drug-likeness (QED) is 0.890. The Kier molecular flexibility index (Phi) is 4.04. The smallest absolute Gasteiger partial charge is 0.315 e. The molecule has 1 aromatic heterocycles. The van der Waals surface area contributed by atoms with Crippen molar-refractivity contribution in [2.24, 2.45) is 0 Å². The third-order valence-corrected chi connectivity index (χ3v) is 4.09. The molecule has 1 saturated carbocycles. The van der Waals surface area contributed by atoms with Crippen molar-refractivity contribution >= 4 is 6.03 Å². The summed E-state index contributed by atoms with van der Waals surface area (Å²) >= 11 is 0. The first kappa shape index (κ1) is 14.5. The number of nitrogens with one attached hydrogen (secondary N) is 2. The molecular formula is C17H20N4O. The van der Waals surface area contributed by atoms with Gasteiger partial charge in [-0.1, -0.05) is 30.3 Å². The first-order valence-corrected chi connectivity index (χ1v) is 7.54. The summed E-state index contributed by atoms with van der Waals surface area (Å²) in [5, 5.41) is 5.81. The van der Waals surface area contributed by atoms with Crippen molar-refractivity contribution in [3.63, 3.8) is 0 Å². The number of benzene rings is 1. The van der Waals surface area contributed by atoms with E-state index in [1.54, 1.807) is 12.3 Å². The van der Waals surface area contributed by atoms with Crippen LogP contribution in [0.15, 0.2) is 42.6 Å². The molecule has 1 fully saturated rings. The zero-order valence-electron chi connectivity index (χ0n) is 12.7. The summed E-state index contributed by atoms with van der Waals surface area (Å²) in [7, 11) is 0. The molecule has 0 saturated heterocycles. The lowest BCUT2D eigenvalue weighted by Crippen LogP contribution is -2.39. The van der Waals surface area contributed by atoms with Gasteiger partial charge in [0.05, 0.1) is 12.2 Å². The van der Waals surface area contributed by atoms with Crippen molar-refractivity contribution in [1.82, 2.24) is 20.6 Å². The van der Waals surface area contributed by atoms with Crippen LogP contribution < -0.4 is 10.6 Å². The maximum Gasteiger partial charge on any atom is 0.315 e. The Balaban J connectivity index is 1.49. The summed E-state index contributed by atoms with van der Waals surface area (Å²) in [5.41, 5.74) is 2.25. The highest BCUT2D eigenvalue weighted by atomic mass is 16.2. The highest BCUT2D eigenvalue weighted by Gasteiger charge is 2.44. The van der Waals surface area contributed by atoms with Gasteiger partial charge in [-0.05, 0) is 31.4 Å². The van der Waals surface area contributed by atoms with E-state index in [1.165, 1.54) is 5.56 Å². The van der Waals surface area contributed by atoms with Crippen LogP contribution in [0, 0.1) is 6.92 Å². The molecule has 1 aliphatic carbocycles. The van der Waals surface area contributed by atoms with Gasteiger partial charge in [-0.25, -0.2) is 14.8 Å². The molecule has 0 bridgehead atoms. The van der Waals surface area contributed by atoms with E-state index in [0.717, 1.165) is 18.5 Å². The van der Waals surface area contributed by atoms with Crippen LogP contribution in [0.5, 0.6) is 0 Å². The summed E-state index contributed by atoms with van der Waals surface area (Å²) < 4.78 is 0. The van der Waals surface area contributed by atoms with Crippen LogP contribution in [0.2, 0.25) is 0 Å². The van der Waals surface area contributed by atoms with Gasteiger partial charge < -0.3 is 10.6 Å². The number of carbonyl (C=O) groups is 1. The summed E-state index contributed by atoms with van der Waals surface area (Å²) in [6.45, 7) is 2.92. The Labute approximate surface area is 130 Å². The predicted molar refractivity (Wildman–Crippen MR) is 84.4 cm³/mol. The Hall–Kier alpha value is -2.43. The second-order valence-corrected chi connectivity index (χ2v) is 5.78. The Morgan fingerprint density at radius 1 is 1.18 bits per heavy atom. The summed E-state index contributed by atoms with van der Waals surface area (Å²) in [6, 6.07) is 12.0. The number of nitrogens with zero attached hydrogens (tertiary/aromatic N) is 2. The average Bonchev–Trinajstić information content (AvgIpc) is 3.33. The molecule has 0 radical (unpaired) electrons. The topological polar surface area (TPSA) is 66.9 Å². The van der Waals surface area contributed by atoms with Gasteiger partial charge in [0.2, 0.25) is 0 Å². The molecule has 22 heavy (non-hydrogen) atoms. The van der Waals surface area contributed by atoms with E-state index in [0.29, 0.717) is 18.9 Å². The maximum absolute atomic E-state index is 11.9. The van der Waals surface area contributed by atoms with Crippen LogP contribution in [0.3, 0.4) is 0 Å². The lowest BCUT2D eigenvalue weighted by atomic mass is 9.96. The second-order valence-electron chi connectivity index (χ2n) is 5.78. The number of amides is 2. The van der Waals surface area contributed by atoms with Crippen LogP contribution in [0.4, 0.5) is 4.79 Å². The lowest BCUT2D eigenvalue weighted by molar-refractivity contribution is 0.239. The number of hydrogen-bond acceptors (Lipinski definition) is 3.